The Bertz CT molecular complexity index is 244. The quantitative estimate of drug-likeness (QED) is 0.319. The van der Waals surface area contributed by atoms with Gasteiger partial charge in [-0.2, -0.15) is 0 Å². The summed E-state index contributed by atoms with van der Waals surface area (Å²) in [6.07, 6.45) is 1.05. The first kappa shape index (κ1) is 14.7. The number of nitrogens with two attached hydrogens (primary N) is 1. The van der Waals surface area contributed by atoms with Gasteiger partial charge in [0.2, 0.25) is 0 Å². The van der Waals surface area contributed by atoms with Gasteiger partial charge in [-0.3, -0.25) is 9.79 Å². The lowest BCUT2D eigenvalue weighted by molar-refractivity contribution is -0.143. The molecule has 94 valence electrons. The molecule has 0 amide bonds. The SMILES string of the molecule is CCOC(=O)CCCN=C(N)NC(C)(C)C. The van der Waals surface area contributed by atoms with Crippen LogP contribution in [0.15, 0.2) is 4.99 Å². The van der Waals surface area contributed by atoms with Gasteiger partial charge in [0, 0.05) is 18.5 Å². The maximum atomic E-state index is 11.0. The van der Waals surface area contributed by atoms with Gasteiger partial charge in [0.1, 0.15) is 0 Å². The van der Waals surface area contributed by atoms with E-state index < -0.39 is 0 Å². The van der Waals surface area contributed by atoms with Gasteiger partial charge >= 0.3 is 5.97 Å². The Balaban J connectivity index is 3.71. The van der Waals surface area contributed by atoms with Crippen molar-refractivity contribution in [2.45, 2.75) is 46.1 Å². The normalized spacial score (nSPS) is 12.4. The molecule has 5 nitrogen and oxygen atoms in total. The van der Waals surface area contributed by atoms with Gasteiger partial charge in [-0.25, -0.2) is 0 Å². The van der Waals surface area contributed by atoms with Crippen LogP contribution in [0, 0.1) is 0 Å². The maximum absolute atomic E-state index is 11.0. The minimum Gasteiger partial charge on any atom is -0.466 e. The van der Waals surface area contributed by atoms with E-state index in [1.165, 1.54) is 0 Å². The van der Waals surface area contributed by atoms with Crippen molar-refractivity contribution in [3.8, 4) is 0 Å². The van der Waals surface area contributed by atoms with Gasteiger partial charge in [-0.05, 0) is 34.1 Å². The average Bonchev–Trinajstić information content (AvgIpc) is 2.10. The Morgan fingerprint density at radius 3 is 2.56 bits per heavy atom. The fourth-order valence-corrected chi connectivity index (χ4v) is 1.08. The molecule has 0 aliphatic rings. The molecular formula is C11H23N3O2. The smallest absolute Gasteiger partial charge is 0.305 e. The van der Waals surface area contributed by atoms with Crippen molar-refractivity contribution in [3.63, 3.8) is 0 Å². The van der Waals surface area contributed by atoms with E-state index in [4.69, 9.17) is 10.5 Å². The summed E-state index contributed by atoms with van der Waals surface area (Å²) in [6, 6.07) is 0. The molecule has 0 atom stereocenters. The molecule has 0 radical (unpaired) electrons. The van der Waals surface area contributed by atoms with Crippen molar-refractivity contribution in [1.29, 1.82) is 0 Å². The number of guanidine groups is 1. The van der Waals surface area contributed by atoms with E-state index in [1.807, 2.05) is 20.8 Å². The molecule has 0 saturated heterocycles. The Morgan fingerprint density at radius 1 is 1.44 bits per heavy atom. The summed E-state index contributed by atoms with van der Waals surface area (Å²) < 4.78 is 4.80. The predicted molar refractivity (Wildman–Crippen MR) is 65.2 cm³/mol. The van der Waals surface area contributed by atoms with E-state index in [0.717, 1.165) is 0 Å². The van der Waals surface area contributed by atoms with Crippen molar-refractivity contribution in [1.82, 2.24) is 5.32 Å². The van der Waals surface area contributed by atoms with Crippen LogP contribution in [0.5, 0.6) is 0 Å². The van der Waals surface area contributed by atoms with Crippen LogP contribution < -0.4 is 11.1 Å². The Hall–Kier alpha value is -1.26. The molecule has 0 bridgehead atoms. The first-order chi connectivity index (χ1) is 7.35. The van der Waals surface area contributed by atoms with E-state index in [1.54, 1.807) is 6.92 Å². The third-order valence-corrected chi connectivity index (χ3v) is 1.63. The first-order valence-corrected chi connectivity index (χ1v) is 5.59. The van der Waals surface area contributed by atoms with Crippen LogP contribution in [0.4, 0.5) is 0 Å². The minimum atomic E-state index is -0.181. The topological polar surface area (TPSA) is 76.7 Å². The fraction of sp³-hybridized carbons (Fsp3) is 0.818. The second kappa shape index (κ2) is 7.09. The molecule has 0 rings (SSSR count). The second-order valence-electron chi connectivity index (χ2n) is 4.55. The summed E-state index contributed by atoms with van der Waals surface area (Å²) in [7, 11) is 0. The lowest BCUT2D eigenvalue weighted by Gasteiger charge is -2.20. The van der Waals surface area contributed by atoms with Crippen LogP contribution in [0.2, 0.25) is 0 Å². The molecule has 0 fully saturated rings. The zero-order valence-corrected chi connectivity index (χ0v) is 10.7. The molecule has 0 spiro atoms. The highest BCUT2D eigenvalue weighted by Crippen LogP contribution is 1.98. The highest BCUT2D eigenvalue weighted by molar-refractivity contribution is 5.78. The molecule has 5 heteroatoms. The summed E-state index contributed by atoms with van der Waals surface area (Å²) in [5.74, 6) is 0.233. The number of rotatable bonds is 5. The van der Waals surface area contributed by atoms with Crippen molar-refractivity contribution in [3.05, 3.63) is 0 Å². The van der Waals surface area contributed by atoms with Crippen molar-refractivity contribution < 1.29 is 9.53 Å². The van der Waals surface area contributed by atoms with Crippen LogP contribution >= 0.6 is 0 Å². The summed E-state index contributed by atoms with van der Waals surface area (Å²) in [6.45, 7) is 8.78. The number of carbonyl (C=O) groups is 1. The largest absolute Gasteiger partial charge is 0.466 e. The van der Waals surface area contributed by atoms with Crippen molar-refractivity contribution >= 4 is 11.9 Å². The molecule has 0 aliphatic heterocycles. The third-order valence-electron chi connectivity index (χ3n) is 1.63. The molecule has 0 aliphatic carbocycles. The fourth-order valence-electron chi connectivity index (χ4n) is 1.08. The summed E-state index contributed by atoms with van der Waals surface area (Å²) >= 11 is 0. The van der Waals surface area contributed by atoms with E-state index in [9.17, 15) is 4.79 Å². The van der Waals surface area contributed by atoms with Gasteiger partial charge in [-0.1, -0.05) is 0 Å². The molecule has 0 aromatic carbocycles. The Morgan fingerprint density at radius 2 is 2.06 bits per heavy atom. The zero-order valence-electron chi connectivity index (χ0n) is 10.7. The number of esters is 1. The highest BCUT2D eigenvalue weighted by Gasteiger charge is 2.09. The maximum Gasteiger partial charge on any atom is 0.305 e. The molecule has 0 heterocycles. The van der Waals surface area contributed by atoms with Crippen LogP contribution in [-0.2, 0) is 9.53 Å². The molecule has 3 N–H and O–H groups in total. The number of hydrogen-bond acceptors (Lipinski definition) is 3. The Labute approximate surface area is 97.4 Å². The second-order valence-corrected chi connectivity index (χ2v) is 4.55. The predicted octanol–water partition coefficient (Wildman–Crippen LogP) is 1.03. The molecule has 0 unspecified atom stereocenters. The minimum absolute atomic E-state index is 0.0886. The van der Waals surface area contributed by atoms with E-state index in [-0.39, 0.29) is 11.5 Å². The zero-order chi connectivity index (χ0) is 12.6. The number of hydrogen-bond donors (Lipinski definition) is 2. The van der Waals surface area contributed by atoms with E-state index in [0.29, 0.717) is 32.0 Å². The van der Waals surface area contributed by atoms with Gasteiger partial charge < -0.3 is 15.8 Å². The lowest BCUT2D eigenvalue weighted by atomic mass is 10.1. The van der Waals surface area contributed by atoms with Gasteiger partial charge in [0.25, 0.3) is 0 Å². The van der Waals surface area contributed by atoms with Crippen LogP contribution in [-0.4, -0.2) is 30.6 Å². The highest BCUT2D eigenvalue weighted by atomic mass is 16.5. The average molecular weight is 229 g/mol. The summed E-state index contributed by atoms with van der Waals surface area (Å²) in [4.78, 5) is 15.1. The molecule has 0 aromatic rings. The molecule has 0 aromatic heterocycles. The lowest BCUT2D eigenvalue weighted by Crippen LogP contribution is -2.45. The van der Waals surface area contributed by atoms with E-state index in [2.05, 4.69) is 10.3 Å². The van der Waals surface area contributed by atoms with Crippen LogP contribution in [0.25, 0.3) is 0 Å². The van der Waals surface area contributed by atoms with E-state index >= 15 is 0 Å². The number of nitrogens with one attached hydrogen (secondary N) is 1. The summed E-state index contributed by atoms with van der Waals surface area (Å²) in [5, 5.41) is 3.04. The summed E-state index contributed by atoms with van der Waals surface area (Å²) in [5.41, 5.74) is 5.57. The number of nitrogens with zero attached hydrogens (tertiary/aromatic N) is 1. The molecule has 16 heavy (non-hydrogen) atoms. The third kappa shape index (κ3) is 9.30. The number of carbonyl (C=O) groups excluding carboxylic acids is 1. The van der Waals surface area contributed by atoms with Crippen LogP contribution in [0.1, 0.15) is 40.5 Å². The number of ether oxygens (including phenoxy) is 1. The molecule has 0 saturated carbocycles. The standard InChI is InChI=1S/C11H23N3O2/c1-5-16-9(15)7-6-8-13-10(12)14-11(2,3)4/h5-8H2,1-4H3,(H3,12,13,14). The van der Waals surface area contributed by atoms with Crippen molar-refractivity contribution in [2.24, 2.45) is 10.7 Å². The number of aliphatic imine (C=N–C) groups is 1. The van der Waals surface area contributed by atoms with Gasteiger partial charge in [-0.15, -0.1) is 0 Å². The monoisotopic (exact) mass is 229 g/mol. The van der Waals surface area contributed by atoms with Gasteiger partial charge in [0.05, 0.1) is 6.61 Å². The van der Waals surface area contributed by atoms with Crippen LogP contribution in [0.3, 0.4) is 0 Å². The van der Waals surface area contributed by atoms with Crippen molar-refractivity contribution in [2.75, 3.05) is 13.2 Å². The van der Waals surface area contributed by atoms with Gasteiger partial charge in [0.15, 0.2) is 5.96 Å². The first-order valence-electron chi connectivity index (χ1n) is 5.59. The molecular weight excluding hydrogens is 206 g/mol. The Kier molecular flexibility index (Phi) is 6.53.